The van der Waals surface area contributed by atoms with Gasteiger partial charge in [-0.2, -0.15) is 24.5 Å². The number of hydrogen-bond acceptors (Lipinski definition) is 10. The SMILES string of the molecule is N#C[C@H]1CC(=O)NC(=O)N1[C@@H]1O[C@H](CO[P+](O)(O)O)[C@@H](O)[C@H]1O. The second-order valence-corrected chi connectivity index (χ2v) is 6.25. The molecular weight excluding hydrogens is 337 g/mol. The van der Waals surface area contributed by atoms with Gasteiger partial charge in [-0.1, -0.05) is 0 Å². The number of amides is 3. The molecule has 12 nitrogen and oxygen atoms in total. The number of ether oxygens (including phenoxy) is 1. The number of carbonyl (C=O) groups excluding carboxylic acids is 2. The highest BCUT2D eigenvalue weighted by Crippen LogP contribution is 2.46. The molecule has 0 bridgehead atoms. The van der Waals surface area contributed by atoms with E-state index in [0.29, 0.717) is 0 Å². The van der Waals surface area contributed by atoms with Gasteiger partial charge in [-0.25, -0.2) is 4.79 Å². The van der Waals surface area contributed by atoms with Crippen molar-refractivity contribution in [3.8, 4) is 6.07 Å². The summed E-state index contributed by atoms with van der Waals surface area (Å²) in [5, 5.41) is 30.8. The number of hydrogen-bond donors (Lipinski definition) is 6. The summed E-state index contributed by atoms with van der Waals surface area (Å²) in [7, 11) is -4.57. The highest BCUT2D eigenvalue weighted by Gasteiger charge is 2.51. The van der Waals surface area contributed by atoms with Crippen LogP contribution in [0.15, 0.2) is 0 Å². The van der Waals surface area contributed by atoms with Crippen LogP contribution in [0.1, 0.15) is 6.42 Å². The molecule has 0 unspecified atom stereocenters. The van der Waals surface area contributed by atoms with Crippen LogP contribution < -0.4 is 5.32 Å². The first-order valence-electron chi connectivity index (χ1n) is 6.39. The van der Waals surface area contributed by atoms with E-state index in [4.69, 9.17) is 24.7 Å². The van der Waals surface area contributed by atoms with E-state index in [2.05, 4.69) is 4.52 Å². The summed E-state index contributed by atoms with van der Waals surface area (Å²) in [4.78, 5) is 50.1. The summed E-state index contributed by atoms with van der Waals surface area (Å²) >= 11 is 0. The summed E-state index contributed by atoms with van der Waals surface area (Å²) < 4.78 is 9.53. The molecule has 2 aliphatic heterocycles. The molecule has 2 heterocycles. The van der Waals surface area contributed by atoms with Gasteiger partial charge in [0.2, 0.25) is 5.91 Å². The Morgan fingerprint density at radius 2 is 2.00 bits per heavy atom. The molecule has 0 spiro atoms. The molecule has 3 amide bonds. The Kier molecular flexibility index (Phi) is 5.14. The maximum Gasteiger partial charge on any atom is 0.567 e. The van der Waals surface area contributed by atoms with E-state index < -0.39 is 57.3 Å². The van der Waals surface area contributed by atoms with Crippen LogP contribution in [0.25, 0.3) is 0 Å². The van der Waals surface area contributed by atoms with Gasteiger partial charge < -0.3 is 14.9 Å². The van der Waals surface area contributed by atoms with Crippen molar-refractivity contribution >= 4 is 20.1 Å². The third kappa shape index (κ3) is 3.92. The Labute approximate surface area is 130 Å². The topological polar surface area (TPSA) is 193 Å². The molecule has 2 rings (SSSR count). The zero-order chi connectivity index (χ0) is 17.4. The van der Waals surface area contributed by atoms with Crippen LogP contribution in [0.2, 0.25) is 0 Å². The highest BCUT2D eigenvalue weighted by atomic mass is 31.2. The Morgan fingerprint density at radius 1 is 1.35 bits per heavy atom. The van der Waals surface area contributed by atoms with Gasteiger partial charge in [0.1, 0.15) is 31.0 Å². The van der Waals surface area contributed by atoms with Crippen molar-refractivity contribution in [2.24, 2.45) is 0 Å². The van der Waals surface area contributed by atoms with Crippen LogP contribution in [-0.2, 0) is 14.1 Å². The number of aliphatic hydroxyl groups excluding tert-OH is 2. The molecule has 0 radical (unpaired) electrons. The van der Waals surface area contributed by atoms with Crippen LogP contribution in [0.3, 0.4) is 0 Å². The van der Waals surface area contributed by atoms with Crippen LogP contribution >= 0.6 is 8.17 Å². The van der Waals surface area contributed by atoms with Crippen molar-refractivity contribution < 1.29 is 43.7 Å². The van der Waals surface area contributed by atoms with Gasteiger partial charge in [0.15, 0.2) is 6.23 Å². The van der Waals surface area contributed by atoms with Gasteiger partial charge >= 0.3 is 14.2 Å². The minimum absolute atomic E-state index is 0.329. The first kappa shape index (κ1) is 17.9. The van der Waals surface area contributed by atoms with E-state index in [1.54, 1.807) is 6.07 Å². The Hall–Kier alpha value is -1.42. The second-order valence-electron chi connectivity index (χ2n) is 4.96. The number of imide groups is 1. The third-order valence-corrected chi connectivity index (χ3v) is 3.86. The zero-order valence-electron chi connectivity index (χ0n) is 11.5. The van der Waals surface area contributed by atoms with Crippen molar-refractivity contribution in [1.82, 2.24) is 10.2 Å². The normalized spacial score (nSPS) is 35.1. The van der Waals surface area contributed by atoms with Crippen molar-refractivity contribution in [3.63, 3.8) is 0 Å². The molecule has 0 aromatic carbocycles. The van der Waals surface area contributed by atoms with Crippen LogP contribution in [0.5, 0.6) is 0 Å². The predicted molar refractivity (Wildman–Crippen MR) is 69.6 cm³/mol. The minimum atomic E-state index is -4.57. The summed E-state index contributed by atoms with van der Waals surface area (Å²) in [6.45, 7) is -0.683. The standard InChI is InChI=1S/C10H14N3O9P/c11-2-4-1-6(14)12-10(17)13(4)9-8(16)7(15)5(22-9)3-21-23(18,19)20/h4-5,7-9,15-16,18-20H,1,3H2/p+1/t4-,5-,7-,8-,9-/m1/s1. The van der Waals surface area contributed by atoms with Crippen LogP contribution in [0, 0.1) is 11.3 Å². The monoisotopic (exact) mass is 352 g/mol. The first-order valence-corrected chi connectivity index (χ1v) is 7.95. The molecule has 0 aromatic heterocycles. The number of urea groups is 1. The highest BCUT2D eigenvalue weighted by molar-refractivity contribution is 7.53. The third-order valence-electron chi connectivity index (χ3n) is 3.37. The summed E-state index contributed by atoms with van der Waals surface area (Å²) in [5.41, 5.74) is 0. The fraction of sp³-hybridized carbons (Fsp3) is 0.700. The smallest absolute Gasteiger partial charge is 0.387 e. The molecule has 13 heteroatoms. The van der Waals surface area contributed by atoms with Crippen molar-refractivity contribution in [1.29, 1.82) is 5.26 Å². The second kappa shape index (κ2) is 6.60. The largest absolute Gasteiger partial charge is 0.567 e. The molecule has 2 saturated heterocycles. The summed E-state index contributed by atoms with van der Waals surface area (Å²) in [6.07, 6.45) is -6.31. The number of nitrogens with one attached hydrogen (secondary N) is 1. The van der Waals surface area contributed by atoms with Crippen molar-refractivity contribution in [2.75, 3.05) is 6.61 Å². The number of rotatable bonds is 4. The molecular formula is C10H15N3O9P+. The molecule has 0 saturated carbocycles. The number of nitriles is 1. The number of nitrogens with zero attached hydrogens (tertiary/aromatic N) is 2. The fourth-order valence-electron chi connectivity index (χ4n) is 2.32. The zero-order valence-corrected chi connectivity index (χ0v) is 12.4. The van der Waals surface area contributed by atoms with E-state index in [-0.39, 0.29) is 6.42 Å². The van der Waals surface area contributed by atoms with E-state index in [0.717, 1.165) is 4.90 Å². The molecule has 0 aromatic rings. The summed E-state index contributed by atoms with van der Waals surface area (Å²) in [5.74, 6) is -0.666. The fourth-order valence-corrected chi connectivity index (χ4v) is 2.67. The molecule has 6 N–H and O–H groups in total. The molecule has 2 aliphatic rings. The van der Waals surface area contributed by atoms with Crippen LogP contribution in [0.4, 0.5) is 4.79 Å². The average Bonchev–Trinajstić information content (AvgIpc) is 2.71. The van der Waals surface area contributed by atoms with E-state index in [9.17, 15) is 19.8 Å². The quantitative estimate of drug-likeness (QED) is 0.283. The number of aliphatic hydroxyl groups is 2. The maximum atomic E-state index is 11.9. The van der Waals surface area contributed by atoms with Gasteiger partial charge in [-0.05, 0) is 0 Å². The Bertz CT molecular complexity index is 533. The van der Waals surface area contributed by atoms with Crippen molar-refractivity contribution in [2.45, 2.75) is 37.0 Å². The van der Waals surface area contributed by atoms with Crippen LogP contribution in [-0.4, -0.2) is 78.9 Å². The van der Waals surface area contributed by atoms with Gasteiger partial charge in [0.05, 0.1) is 12.5 Å². The molecule has 5 atom stereocenters. The van der Waals surface area contributed by atoms with E-state index >= 15 is 0 Å². The first-order chi connectivity index (χ1) is 10.6. The average molecular weight is 352 g/mol. The Balaban J connectivity index is 2.12. The Morgan fingerprint density at radius 3 is 2.57 bits per heavy atom. The van der Waals surface area contributed by atoms with Gasteiger partial charge in [0.25, 0.3) is 0 Å². The van der Waals surface area contributed by atoms with Gasteiger partial charge in [0, 0.05) is 0 Å². The molecule has 128 valence electrons. The minimum Gasteiger partial charge on any atom is -0.387 e. The lowest BCUT2D eigenvalue weighted by Crippen LogP contribution is -2.60. The lowest BCUT2D eigenvalue weighted by Gasteiger charge is -2.36. The molecule has 0 aliphatic carbocycles. The maximum absolute atomic E-state index is 11.9. The van der Waals surface area contributed by atoms with E-state index in [1.165, 1.54) is 0 Å². The van der Waals surface area contributed by atoms with Gasteiger partial charge in [-0.3, -0.25) is 15.0 Å². The predicted octanol–water partition coefficient (Wildman–Crippen LogP) is -3.06. The van der Waals surface area contributed by atoms with Gasteiger partial charge in [-0.15, -0.1) is 0 Å². The number of carbonyl (C=O) groups is 2. The molecule has 23 heavy (non-hydrogen) atoms. The van der Waals surface area contributed by atoms with Crippen molar-refractivity contribution in [3.05, 3.63) is 0 Å². The lowest BCUT2D eigenvalue weighted by atomic mass is 10.1. The molecule has 2 fully saturated rings. The van der Waals surface area contributed by atoms with E-state index in [1.807, 2.05) is 5.32 Å². The summed E-state index contributed by atoms with van der Waals surface area (Å²) in [6, 6.07) is -0.455. The lowest BCUT2D eigenvalue weighted by molar-refractivity contribution is -0.128.